The van der Waals surface area contributed by atoms with Crippen LogP contribution >= 0.6 is 0 Å². The van der Waals surface area contributed by atoms with Crippen LogP contribution in [0.25, 0.3) is 21.8 Å². The summed E-state index contributed by atoms with van der Waals surface area (Å²) in [6.45, 7) is -0.230. The quantitative estimate of drug-likeness (QED) is 0.298. The van der Waals surface area contributed by atoms with Gasteiger partial charge in [0, 0.05) is 29.6 Å². The molecule has 0 radical (unpaired) electrons. The molecular formula is C24H18F3N5O4. The molecule has 1 saturated heterocycles. The van der Waals surface area contributed by atoms with Gasteiger partial charge in [-0.15, -0.1) is 0 Å². The maximum Gasteiger partial charge on any atom is 0.449 e. The van der Waals surface area contributed by atoms with E-state index in [1.807, 2.05) is 0 Å². The summed E-state index contributed by atoms with van der Waals surface area (Å²) in [4.78, 5) is 28.4. The summed E-state index contributed by atoms with van der Waals surface area (Å²) in [5.74, 6) is 4.12. The first-order valence-electron chi connectivity index (χ1n) is 10.6. The van der Waals surface area contributed by atoms with Gasteiger partial charge in [-0.25, -0.2) is 9.78 Å². The molecule has 1 atom stereocenters. The molecule has 1 fully saturated rings. The minimum atomic E-state index is -4.62. The number of aryl methyl sites for hydroxylation is 1. The van der Waals surface area contributed by atoms with E-state index in [1.54, 1.807) is 24.4 Å². The molecule has 1 aliphatic heterocycles. The lowest BCUT2D eigenvalue weighted by atomic mass is 9.99. The molecule has 0 aliphatic carbocycles. The van der Waals surface area contributed by atoms with Gasteiger partial charge >= 0.3 is 12.2 Å². The van der Waals surface area contributed by atoms with E-state index >= 15 is 0 Å². The number of carbonyl (C=O) groups excluding carboxylic acids is 2. The Kier molecular flexibility index (Phi) is 5.10. The topological polar surface area (TPSA) is 110 Å². The van der Waals surface area contributed by atoms with Gasteiger partial charge in [0.2, 0.25) is 11.4 Å². The zero-order valence-corrected chi connectivity index (χ0v) is 18.9. The van der Waals surface area contributed by atoms with Crippen LogP contribution in [0.5, 0.6) is 11.6 Å². The van der Waals surface area contributed by atoms with E-state index in [2.05, 4.69) is 27.5 Å². The molecule has 0 spiro atoms. The number of urea groups is 1. The van der Waals surface area contributed by atoms with E-state index in [-0.39, 0.29) is 23.5 Å². The lowest BCUT2D eigenvalue weighted by molar-refractivity contribution is -0.146. The average molecular weight is 497 g/mol. The zero-order chi connectivity index (χ0) is 25.8. The number of hydrogen-bond acceptors (Lipinski definition) is 5. The van der Waals surface area contributed by atoms with E-state index in [4.69, 9.17) is 4.74 Å². The highest BCUT2D eigenvalue weighted by Crippen LogP contribution is 2.33. The summed E-state index contributed by atoms with van der Waals surface area (Å²) < 4.78 is 47.1. The van der Waals surface area contributed by atoms with Gasteiger partial charge in [0.25, 0.3) is 5.91 Å². The predicted octanol–water partition coefficient (Wildman–Crippen LogP) is 2.89. The number of carbonyl (C=O) groups is 2. The van der Waals surface area contributed by atoms with Crippen LogP contribution in [0.3, 0.4) is 0 Å². The number of rotatable bonds is 3. The second-order valence-electron chi connectivity index (χ2n) is 8.29. The third-order valence-electron chi connectivity index (χ3n) is 5.97. The second-order valence-corrected chi connectivity index (χ2v) is 8.29. The summed E-state index contributed by atoms with van der Waals surface area (Å²) in [5.41, 5.74) is -1.10. The van der Waals surface area contributed by atoms with Crippen LogP contribution in [0.15, 0.2) is 42.6 Å². The first-order chi connectivity index (χ1) is 17.0. The summed E-state index contributed by atoms with van der Waals surface area (Å²) >= 11 is 0. The Balaban J connectivity index is 1.55. The number of alkyl halides is 3. The maximum atomic E-state index is 13.2. The SMILES string of the molecule is COc1ccc2cn(C[C@@]3(C#Cc4ccc5nc(C(F)(F)F)n(C)c5c4)NC(=O)NC3=O)c(O)c2c1. The van der Waals surface area contributed by atoms with Crippen molar-refractivity contribution < 1.29 is 32.6 Å². The first kappa shape index (κ1) is 23.1. The van der Waals surface area contributed by atoms with Crippen LogP contribution < -0.4 is 15.4 Å². The number of benzene rings is 2. The van der Waals surface area contributed by atoms with Crippen molar-refractivity contribution in [3.8, 4) is 23.5 Å². The number of imide groups is 1. The number of amides is 3. The number of fused-ring (bicyclic) bond motifs is 2. The Morgan fingerprint density at radius 3 is 2.64 bits per heavy atom. The number of hydrogen-bond donors (Lipinski definition) is 3. The summed E-state index contributed by atoms with van der Waals surface area (Å²) in [6.07, 6.45) is -3.02. The number of nitrogens with one attached hydrogen (secondary N) is 2. The normalized spacial score (nSPS) is 17.7. The maximum absolute atomic E-state index is 13.2. The first-order valence-corrected chi connectivity index (χ1v) is 10.6. The van der Waals surface area contributed by atoms with Gasteiger partial charge in [0.15, 0.2) is 5.88 Å². The van der Waals surface area contributed by atoms with Crippen LogP contribution in [-0.4, -0.2) is 43.8 Å². The Morgan fingerprint density at radius 1 is 1.19 bits per heavy atom. The van der Waals surface area contributed by atoms with Crippen molar-refractivity contribution in [2.24, 2.45) is 7.05 Å². The highest BCUT2D eigenvalue weighted by Gasteiger charge is 2.46. The highest BCUT2D eigenvalue weighted by molar-refractivity contribution is 6.09. The molecule has 184 valence electrons. The summed E-state index contributed by atoms with van der Waals surface area (Å²) in [6, 6.07) is 8.60. The molecule has 2 aromatic carbocycles. The minimum Gasteiger partial charge on any atom is -0.497 e. The Morgan fingerprint density at radius 2 is 1.97 bits per heavy atom. The van der Waals surface area contributed by atoms with E-state index in [0.29, 0.717) is 22.1 Å². The third kappa shape index (κ3) is 3.74. The van der Waals surface area contributed by atoms with Gasteiger partial charge in [-0.3, -0.25) is 10.1 Å². The molecule has 36 heavy (non-hydrogen) atoms. The van der Waals surface area contributed by atoms with Crippen molar-refractivity contribution >= 4 is 33.7 Å². The molecule has 3 amide bonds. The van der Waals surface area contributed by atoms with E-state index in [9.17, 15) is 27.9 Å². The van der Waals surface area contributed by atoms with Crippen molar-refractivity contribution in [1.82, 2.24) is 24.8 Å². The standard InChI is InChI=1S/C24H18F3N5O4/c1-31-18-9-13(3-6-17(18)28-20(31)24(25,26)27)7-8-23(21(34)29-22(35)30-23)12-32-11-14-4-5-15(36-2)10-16(14)19(32)33/h3-6,9-11,33H,12H2,1-2H3,(H2,29,30,34,35)/t23-/m1/s1. The smallest absolute Gasteiger partial charge is 0.449 e. The fraction of sp³-hybridized carbons (Fsp3) is 0.208. The fourth-order valence-electron chi connectivity index (χ4n) is 4.16. The van der Waals surface area contributed by atoms with Crippen LogP contribution in [0.4, 0.5) is 18.0 Å². The second kappa shape index (κ2) is 7.94. The number of aromatic nitrogens is 3. The zero-order valence-electron chi connectivity index (χ0n) is 18.9. The van der Waals surface area contributed by atoms with Crippen LogP contribution in [0.1, 0.15) is 11.4 Å². The van der Waals surface area contributed by atoms with Gasteiger partial charge in [-0.05, 0) is 36.4 Å². The third-order valence-corrected chi connectivity index (χ3v) is 5.97. The van der Waals surface area contributed by atoms with Crippen LogP contribution in [-0.2, 0) is 24.6 Å². The monoisotopic (exact) mass is 497 g/mol. The van der Waals surface area contributed by atoms with Crippen LogP contribution in [0, 0.1) is 11.8 Å². The van der Waals surface area contributed by atoms with Crippen molar-refractivity contribution in [2.45, 2.75) is 18.3 Å². The van der Waals surface area contributed by atoms with Crippen molar-refractivity contribution in [1.29, 1.82) is 0 Å². The summed E-state index contributed by atoms with van der Waals surface area (Å²) in [5, 5.41) is 16.6. The Bertz CT molecular complexity index is 1630. The molecular weight excluding hydrogens is 479 g/mol. The number of nitrogens with zero attached hydrogens (tertiary/aromatic N) is 3. The average Bonchev–Trinajstić information content (AvgIpc) is 3.43. The van der Waals surface area contributed by atoms with Gasteiger partial charge in [0.1, 0.15) is 5.75 Å². The van der Waals surface area contributed by atoms with Crippen molar-refractivity contribution in [3.05, 3.63) is 54.0 Å². The molecule has 3 N–H and O–H groups in total. The van der Waals surface area contributed by atoms with Gasteiger partial charge < -0.3 is 24.3 Å². The summed E-state index contributed by atoms with van der Waals surface area (Å²) in [7, 11) is 2.74. The number of halogens is 3. The fourth-order valence-corrected chi connectivity index (χ4v) is 4.16. The van der Waals surface area contributed by atoms with Crippen molar-refractivity contribution in [3.63, 3.8) is 0 Å². The lowest BCUT2D eigenvalue weighted by Crippen LogP contribution is -2.49. The van der Waals surface area contributed by atoms with Gasteiger partial charge in [0.05, 0.1) is 24.7 Å². The molecule has 5 rings (SSSR count). The molecule has 0 unspecified atom stereocenters. The molecule has 2 aromatic heterocycles. The van der Waals surface area contributed by atoms with Gasteiger partial charge in [-0.1, -0.05) is 11.8 Å². The number of imidazole rings is 1. The van der Waals surface area contributed by atoms with E-state index in [1.165, 1.54) is 36.9 Å². The predicted molar refractivity (Wildman–Crippen MR) is 122 cm³/mol. The Labute approximate surface area is 201 Å². The number of aromatic hydroxyl groups is 1. The van der Waals surface area contributed by atoms with Crippen molar-refractivity contribution in [2.75, 3.05) is 7.11 Å². The van der Waals surface area contributed by atoms with Gasteiger partial charge in [-0.2, -0.15) is 13.2 Å². The number of ether oxygens (including phenoxy) is 1. The molecule has 1 aliphatic rings. The molecule has 3 heterocycles. The largest absolute Gasteiger partial charge is 0.497 e. The van der Waals surface area contributed by atoms with Crippen LogP contribution in [0.2, 0.25) is 0 Å². The molecule has 0 saturated carbocycles. The minimum absolute atomic E-state index is 0.136. The number of methoxy groups -OCH3 is 1. The lowest BCUT2D eigenvalue weighted by Gasteiger charge is -2.20. The molecule has 4 aromatic rings. The highest BCUT2D eigenvalue weighted by atomic mass is 19.4. The van der Waals surface area contributed by atoms with E-state index in [0.717, 1.165) is 4.57 Å². The van der Waals surface area contributed by atoms with E-state index < -0.39 is 29.5 Å². The molecule has 0 bridgehead atoms. The molecule has 12 heteroatoms. The molecule has 9 nitrogen and oxygen atoms in total. The Hall–Kier alpha value is -4.66.